The maximum atomic E-state index is 11.8. The van der Waals surface area contributed by atoms with E-state index in [0.717, 1.165) is 0 Å². The molecule has 0 spiro atoms. The molecule has 1 heterocycles. The minimum atomic E-state index is -4.38. The number of ether oxygens (including phenoxy) is 2. The molecule has 0 aliphatic carbocycles. The van der Waals surface area contributed by atoms with Gasteiger partial charge in [0.2, 0.25) is 0 Å². The molecule has 0 saturated carbocycles. The van der Waals surface area contributed by atoms with Gasteiger partial charge < -0.3 is 9.47 Å². The normalized spacial score (nSPS) is 11.6. The van der Waals surface area contributed by atoms with E-state index >= 15 is 0 Å². The Labute approximate surface area is 101 Å². The zero-order chi connectivity index (χ0) is 13.8. The zero-order valence-corrected chi connectivity index (χ0v) is 9.95. The highest BCUT2D eigenvalue weighted by molar-refractivity contribution is 5.87. The molecule has 1 aromatic heterocycles. The molecular formula is C10H13F3N2O3. The van der Waals surface area contributed by atoms with E-state index in [1.807, 2.05) is 0 Å². The Hall–Kier alpha value is -1.57. The SMILES string of the molecule is CCOC(=O)c1cc(COCC(F)(F)F)nn1C. The first-order valence-electron chi connectivity index (χ1n) is 5.18. The molecule has 0 aliphatic rings. The number of halogens is 3. The van der Waals surface area contributed by atoms with E-state index in [-0.39, 0.29) is 24.6 Å². The summed E-state index contributed by atoms with van der Waals surface area (Å²) in [6, 6.07) is 1.34. The van der Waals surface area contributed by atoms with Gasteiger partial charge in [0.15, 0.2) is 0 Å². The van der Waals surface area contributed by atoms with Crippen molar-refractivity contribution in [3.05, 3.63) is 17.5 Å². The first-order valence-corrected chi connectivity index (χ1v) is 5.18. The van der Waals surface area contributed by atoms with Crippen LogP contribution in [-0.2, 0) is 23.1 Å². The van der Waals surface area contributed by atoms with E-state index in [0.29, 0.717) is 0 Å². The molecule has 0 bridgehead atoms. The van der Waals surface area contributed by atoms with E-state index in [4.69, 9.17) is 4.74 Å². The van der Waals surface area contributed by atoms with Crippen LogP contribution in [0.4, 0.5) is 13.2 Å². The second-order valence-electron chi connectivity index (χ2n) is 3.47. The highest BCUT2D eigenvalue weighted by atomic mass is 19.4. The standard InChI is InChI=1S/C10H13F3N2O3/c1-3-18-9(16)8-4-7(14-15(8)2)5-17-6-10(11,12)13/h4H,3,5-6H2,1-2H3. The maximum absolute atomic E-state index is 11.8. The number of esters is 1. The van der Waals surface area contributed by atoms with Crippen LogP contribution in [0.15, 0.2) is 6.07 Å². The molecule has 1 aromatic rings. The van der Waals surface area contributed by atoms with Gasteiger partial charge in [-0.15, -0.1) is 0 Å². The van der Waals surface area contributed by atoms with Crippen molar-refractivity contribution < 1.29 is 27.4 Å². The minimum absolute atomic E-state index is 0.169. The second kappa shape index (κ2) is 5.85. The summed E-state index contributed by atoms with van der Waals surface area (Å²) < 4.78 is 46.0. The van der Waals surface area contributed by atoms with Crippen LogP contribution in [0.5, 0.6) is 0 Å². The van der Waals surface area contributed by atoms with Gasteiger partial charge in [0.05, 0.1) is 18.9 Å². The van der Waals surface area contributed by atoms with E-state index < -0.39 is 18.8 Å². The highest BCUT2D eigenvalue weighted by Crippen LogP contribution is 2.15. The van der Waals surface area contributed by atoms with Crippen LogP contribution in [0.2, 0.25) is 0 Å². The Morgan fingerprint density at radius 2 is 2.17 bits per heavy atom. The number of carbonyl (C=O) groups excluding carboxylic acids is 1. The molecule has 0 fully saturated rings. The van der Waals surface area contributed by atoms with Gasteiger partial charge in [0, 0.05) is 7.05 Å². The Morgan fingerprint density at radius 1 is 1.50 bits per heavy atom. The Bertz CT molecular complexity index is 415. The highest BCUT2D eigenvalue weighted by Gasteiger charge is 2.27. The summed E-state index contributed by atoms with van der Waals surface area (Å²) in [6.45, 7) is 0.205. The molecule has 0 aromatic carbocycles. The third-order valence-corrected chi connectivity index (χ3v) is 1.93. The van der Waals surface area contributed by atoms with E-state index in [1.54, 1.807) is 6.92 Å². The van der Waals surface area contributed by atoms with Crippen molar-refractivity contribution in [3.8, 4) is 0 Å². The van der Waals surface area contributed by atoms with Gasteiger partial charge in [0.1, 0.15) is 12.3 Å². The molecule has 0 atom stereocenters. The fourth-order valence-corrected chi connectivity index (χ4v) is 1.26. The lowest BCUT2D eigenvalue weighted by Crippen LogP contribution is -2.16. The molecule has 0 aliphatic heterocycles. The number of hydrogen-bond acceptors (Lipinski definition) is 4. The van der Waals surface area contributed by atoms with E-state index in [1.165, 1.54) is 17.8 Å². The molecule has 0 unspecified atom stereocenters. The van der Waals surface area contributed by atoms with Gasteiger partial charge in [-0.1, -0.05) is 0 Å². The predicted octanol–water partition coefficient (Wildman–Crippen LogP) is 1.68. The molecule has 0 saturated heterocycles. The molecule has 8 heteroatoms. The summed E-state index contributed by atoms with van der Waals surface area (Å²) in [5, 5.41) is 3.86. The summed E-state index contributed by atoms with van der Waals surface area (Å²) in [7, 11) is 1.50. The van der Waals surface area contributed by atoms with Crippen LogP contribution in [0.3, 0.4) is 0 Å². The lowest BCUT2D eigenvalue weighted by molar-refractivity contribution is -0.176. The number of hydrogen-bond donors (Lipinski definition) is 0. The number of nitrogens with zero attached hydrogens (tertiary/aromatic N) is 2. The average molecular weight is 266 g/mol. The first kappa shape index (κ1) is 14.5. The molecule has 102 valence electrons. The van der Waals surface area contributed by atoms with Crippen molar-refractivity contribution in [1.82, 2.24) is 9.78 Å². The van der Waals surface area contributed by atoms with Crippen LogP contribution in [0.1, 0.15) is 23.1 Å². The van der Waals surface area contributed by atoms with Crippen LogP contribution in [0, 0.1) is 0 Å². The molecule has 0 radical (unpaired) electrons. The topological polar surface area (TPSA) is 53.4 Å². The van der Waals surface area contributed by atoms with Crippen LogP contribution in [-0.4, -0.2) is 35.1 Å². The van der Waals surface area contributed by atoms with Gasteiger partial charge in [-0.2, -0.15) is 18.3 Å². The Morgan fingerprint density at radius 3 is 2.72 bits per heavy atom. The van der Waals surface area contributed by atoms with Gasteiger partial charge in [-0.25, -0.2) is 4.79 Å². The lowest BCUT2D eigenvalue weighted by atomic mass is 10.3. The predicted molar refractivity (Wildman–Crippen MR) is 54.9 cm³/mol. The quantitative estimate of drug-likeness (QED) is 0.761. The maximum Gasteiger partial charge on any atom is 0.411 e. The summed E-state index contributed by atoms with van der Waals surface area (Å²) in [6.07, 6.45) is -4.38. The van der Waals surface area contributed by atoms with Gasteiger partial charge in [-0.05, 0) is 13.0 Å². The van der Waals surface area contributed by atoms with Crippen LogP contribution in [0.25, 0.3) is 0 Å². The van der Waals surface area contributed by atoms with E-state index in [9.17, 15) is 18.0 Å². The lowest BCUT2D eigenvalue weighted by Gasteiger charge is -2.05. The van der Waals surface area contributed by atoms with E-state index in [2.05, 4.69) is 9.84 Å². The fraction of sp³-hybridized carbons (Fsp3) is 0.600. The summed E-state index contributed by atoms with van der Waals surface area (Å²) >= 11 is 0. The summed E-state index contributed by atoms with van der Waals surface area (Å²) in [4.78, 5) is 11.4. The molecule has 18 heavy (non-hydrogen) atoms. The summed E-state index contributed by atoms with van der Waals surface area (Å²) in [5.74, 6) is -0.574. The van der Waals surface area contributed by atoms with Crippen LogP contribution >= 0.6 is 0 Å². The number of carbonyl (C=O) groups is 1. The largest absolute Gasteiger partial charge is 0.461 e. The molecule has 1 rings (SSSR count). The van der Waals surface area contributed by atoms with Gasteiger partial charge in [0.25, 0.3) is 0 Å². The number of aryl methyl sites for hydroxylation is 1. The van der Waals surface area contributed by atoms with Gasteiger partial charge >= 0.3 is 12.1 Å². The van der Waals surface area contributed by atoms with Crippen molar-refractivity contribution in [2.75, 3.05) is 13.2 Å². The molecule has 5 nitrogen and oxygen atoms in total. The Kier molecular flexibility index (Phi) is 4.71. The zero-order valence-electron chi connectivity index (χ0n) is 9.95. The van der Waals surface area contributed by atoms with Crippen molar-refractivity contribution in [2.24, 2.45) is 7.05 Å². The number of alkyl halides is 3. The average Bonchev–Trinajstić information content (AvgIpc) is 2.58. The fourth-order valence-electron chi connectivity index (χ4n) is 1.26. The van der Waals surface area contributed by atoms with Crippen LogP contribution < -0.4 is 0 Å². The number of aromatic nitrogens is 2. The molecule has 0 amide bonds. The molecule has 0 N–H and O–H groups in total. The number of rotatable bonds is 5. The monoisotopic (exact) mass is 266 g/mol. The second-order valence-corrected chi connectivity index (χ2v) is 3.47. The minimum Gasteiger partial charge on any atom is -0.461 e. The third-order valence-electron chi connectivity index (χ3n) is 1.93. The van der Waals surface area contributed by atoms with Crippen molar-refractivity contribution in [3.63, 3.8) is 0 Å². The molecular weight excluding hydrogens is 253 g/mol. The van der Waals surface area contributed by atoms with Crippen molar-refractivity contribution in [1.29, 1.82) is 0 Å². The first-order chi connectivity index (χ1) is 8.33. The summed E-state index contributed by atoms with van der Waals surface area (Å²) in [5.41, 5.74) is 0.410. The third kappa shape index (κ3) is 4.36. The van der Waals surface area contributed by atoms with Gasteiger partial charge in [-0.3, -0.25) is 4.68 Å². The van der Waals surface area contributed by atoms with Crippen molar-refractivity contribution in [2.45, 2.75) is 19.7 Å². The smallest absolute Gasteiger partial charge is 0.411 e. The Balaban J connectivity index is 2.59. The van der Waals surface area contributed by atoms with Crippen molar-refractivity contribution >= 4 is 5.97 Å².